The zero-order valence-electron chi connectivity index (χ0n) is 10.1. The second kappa shape index (κ2) is 6.01. The number of nitrogens with two attached hydrogens (primary N) is 1. The number of aliphatic hydroxyl groups is 1. The first-order chi connectivity index (χ1) is 7.31. The Morgan fingerprint density at radius 1 is 1.47 bits per heavy atom. The highest BCUT2D eigenvalue weighted by Crippen LogP contribution is 2.36. The van der Waals surface area contributed by atoms with Crippen molar-refractivity contribution < 1.29 is 9.50 Å². The molecule has 0 spiro atoms. The van der Waals surface area contributed by atoms with E-state index in [1.807, 2.05) is 0 Å². The summed E-state index contributed by atoms with van der Waals surface area (Å²) >= 11 is 5.96. The van der Waals surface area contributed by atoms with Crippen molar-refractivity contribution in [3.8, 4) is 0 Å². The van der Waals surface area contributed by atoms with Crippen LogP contribution in [0.2, 0.25) is 5.02 Å². The molecule has 0 heterocycles. The molecule has 0 aliphatic heterocycles. The molecule has 0 fully saturated rings. The van der Waals surface area contributed by atoms with Crippen LogP contribution in [-0.2, 0) is 0 Å². The number of halogens is 3. The molecule has 0 aliphatic carbocycles. The first-order valence-electron chi connectivity index (χ1n) is 5.12. The maximum Gasteiger partial charge on any atom is 0.132 e. The van der Waals surface area contributed by atoms with Crippen molar-refractivity contribution in [2.45, 2.75) is 26.8 Å². The number of hydrogen-bond acceptors (Lipinski definition) is 2. The molecule has 0 radical (unpaired) electrons. The van der Waals surface area contributed by atoms with Gasteiger partial charge in [0, 0.05) is 28.6 Å². The monoisotopic (exact) mass is 281 g/mol. The molecule has 0 aliphatic rings. The molecule has 0 bridgehead atoms. The van der Waals surface area contributed by atoms with E-state index >= 15 is 0 Å². The second-order valence-electron chi connectivity index (χ2n) is 4.72. The van der Waals surface area contributed by atoms with Gasteiger partial charge in [0.25, 0.3) is 0 Å². The molecule has 1 aromatic rings. The Morgan fingerprint density at radius 3 is 2.47 bits per heavy atom. The highest BCUT2D eigenvalue weighted by atomic mass is 35.5. The molecule has 1 atom stereocenters. The number of aryl methyl sites for hydroxylation is 1. The van der Waals surface area contributed by atoms with Gasteiger partial charge < -0.3 is 10.8 Å². The molecule has 17 heavy (non-hydrogen) atoms. The third-order valence-electron chi connectivity index (χ3n) is 2.88. The summed E-state index contributed by atoms with van der Waals surface area (Å²) in [5.41, 5.74) is 6.14. The van der Waals surface area contributed by atoms with Gasteiger partial charge in [-0.25, -0.2) is 4.39 Å². The number of rotatable bonds is 3. The molecule has 0 amide bonds. The van der Waals surface area contributed by atoms with Gasteiger partial charge in [0.15, 0.2) is 0 Å². The Hall–Kier alpha value is -0.350. The van der Waals surface area contributed by atoms with Crippen LogP contribution < -0.4 is 5.73 Å². The van der Waals surface area contributed by atoms with E-state index in [0.29, 0.717) is 10.6 Å². The average molecular weight is 282 g/mol. The highest BCUT2D eigenvalue weighted by molar-refractivity contribution is 6.31. The first-order valence-corrected chi connectivity index (χ1v) is 5.50. The summed E-state index contributed by atoms with van der Waals surface area (Å²) in [5, 5.41) is 9.53. The first kappa shape index (κ1) is 16.6. The van der Waals surface area contributed by atoms with E-state index in [-0.39, 0.29) is 30.4 Å². The Kier molecular flexibility index (Phi) is 5.88. The van der Waals surface area contributed by atoms with E-state index < -0.39 is 11.5 Å². The smallest absolute Gasteiger partial charge is 0.132 e. The lowest BCUT2D eigenvalue weighted by Gasteiger charge is -2.30. The van der Waals surface area contributed by atoms with Crippen molar-refractivity contribution in [3.63, 3.8) is 0 Å². The summed E-state index contributed by atoms with van der Waals surface area (Å²) in [6.07, 6.45) is 0. The van der Waals surface area contributed by atoms with E-state index in [9.17, 15) is 9.50 Å². The third kappa shape index (κ3) is 3.32. The normalized spacial score (nSPS) is 13.1. The van der Waals surface area contributed by atoms with E-state index in [0.717, 1.165) is 0 Å². The minimum absolute atomic E-state index is 0. The van der Waals surface area contributed by atoms with Gasteiger partial charge in [-0.2, -0.15) is 0 Å². The minimum atomic E-state index is -0.634. The van der Waals surface area contributed by atoms with Crippen LogP contribution in [0.25, 0.3) is 0 Å². The van der Waals surface area contributed by atoms with Gasteiger partial charge in [0.1, 0.15) is 5.82 Å². The van der Waals surface area contributed by atoms with Gasteiger partial charge in [-0.1, -0.05) is 31.5 Å². The van der Waals surface area contributed by atoms with Gasteiger partial charge in [0.05, 0.1) is 0 Å². The van der Waals surface area contributed by atoms with Gasteiger partial charge in [-0.15, -0.1) is 12.4 Å². The van der Waals surface area contributed by atoms with Gasteiger partial charge in [0.2, 0.25) is 0 Å². The van der Waals surface area contributed by atoms with Crippen LogP contribution in [-0.4, -0.2) is 11.7 Å². The van der Waals surface area contributed by atoms with Gasteiger partial charge in [-0.3, -0.25) is 0 Å². The Balaban J connectivity index is 0.00000256. The standard InChI is InChI=1S/C12H17ClFNO.ClH/c1-7-4-5-8(13)9(10(7)14)11(15)12(2,3)6-16;/h4-5,11,16H,6,15H2,1-3H3;1H/t11-;/m1./s1. The van der Waals surface area contributed by atoms with Crippen molar-refractivity contribution in [1.29, 1.82) is 0 Å². The van der Waals surface area contributed by atoms with E-state index in [1.54, 1.807) is 32.9 Å². The molecule has 0 unspecified atom stereocenters. The third-order valence-corrected chi connectivity index (χ3v) is 3.21. The molecule has 5 heteroatoms. The topological polar surface area (TPSA) is 46.2 Å². The Morgan fingerprint density at radius 2 is 2.00 bits per heavy atom. The van der Waals surface area contributed by atoms with Crippen molar-refractivity contribution in [1.82, 2.24) is 0 Å². The fraction of sp³-hybridized carbons (Fsp3) is 0.500. The average Bonchev–Trinajstić information content (AvgIpc) is 2.24. The van der Waals surface area contributed by atoms with E-state index in [4.69, 9.17) is 17.3 Å². The lowest BCUT2D eigenvalue weighted by atomic mass is 9.81. The molecule has 3 N–H and O–H groups in total. The van der Waals surface area contributed by atoms with Crippen molar-refractivity contribution in [2.75, 3.05) is 6.61 Å². The zero-order valence-corrected chi connectivity index (χ0v) is 11.7. The van der Waals surface area contributed by atoms with Gasteiger partial charge in [-0.05, 0) is 18.6 Å². The molecular weight excluding hydrogens is 264 g/mol. The largest absolute Gasteiger partial charge is 0.396 e. The van der Waals surface area contributed by atoms with Crippen LogP contribution in [0.3, 0.4) is 0 Å². The van der Waals surface area contributed by atoms with Crippen molar-refractivity contribution >= 4 is 24.0 Å². The molecule has 0 saturated heterocycles. The second-order valence-corrected chi connectivity index (χ2v) is 5.12. The van der Waals surface area contributed by atoms with Gasteiger partial charge >= 0.3 is 0 Å². The summed E-state index contributed by atoms with van der Waals surface area (Å²) in [5.74, 6) is -0.387. The maximum absolute atomic E-state index is 13.9. The van der Waals surface area contributed by atoms with E-state index in [1.165, 1.54) is 0 Å². The van der Waals surface area contributed by atoms with Crippen LogP contribution in [0.5, 0.6) is 0 Å². The highest BCUT2D eigenvalue weighted by Gasteiger charge is 2.31. The zero-order chi connectivity index (χ0) is 12.5. The minimum Gasteiger partial charge on any atom is -0.396 e. The van der Waals surface area contributed by atoms with Crippen LogP contribution >= 0.6 is 24.0 Å². The van der Waals surface area contributed by atoms with Crippen LogP contribution in [0.15, 0.2) is 12.1 Å². The predicted octanol–water partition coefficient (Wildman–Crippen LogP) is 3.23. The Labute approximate surface area is 112 Å². The lowest BCUT2D eigenvalue weighted by molar-refractivity contribution is 0.131. The molecule has 1 rings (SSSR count). The number of aliphatic hydroxyl groups excluding tert-OH is 1. The number of benzene rings is 1. The summed E-state index contributed by atoms with van der Waals surface area (Å²) < 4.78 is 13.9. The Bertz CT molecular complexity index is 396. The van der Waals surface area contributed by atoms with Crippen LogP contribution in [0.1, 0.15) is 31.0 Å². The van der Waals surface area contributed by atoms with Crippen LogP contribution in [0, 0.1) is 18.2 Å². The molecule has 2 nitrogen and oxygen atoms in total. The fourth-order valence-corrected chi connectivity index (χ4v) is 1.72. The summed E-state index contributed by atoms with van der Waals surface area (Å²) in [4.78, 5) is 0. The lowest BCUT2D eigenvalue weighted by Crippen LogP contribution is -2.33. The fourth-order valence-electron chi connectivity index (χ4n) is 1.45. The molecule has 0 aromatic heterocycles. The molecular formula is C12H18Cl2FNO. The molecule has 0 saturated carbocycles. The molecule has 98 valence electrons. The van der Waals surface area contributed by atoms with Crippen molar-refractivity contribution in [3.05, 3.63) is 34.1 Å². The number of hydrogen-bond donors (Lipinski definition) is 2. The van der Waals surface area contributed by atoms with Crippen molar-refractivity contribution in [2.24, 2.45) is 11.1 Å². The predicted molar refractivity (Wildman–Crippen MR) is 71.2 cm³/mol. The maximum atomic E-state index is 13.9. The summed E-state index contributed by atoms with van der Waals surface area (Å²) in [6.45, 7) is 5.08. The SMILES string of the molecule is Cc1ccc(Cl)c([C@@H](N)C(C)(C)CO)c1F.Cl. The van der Waals surface area contributed by atoms with Crippen LogP contribution in [0.4, 0.5) is 4.39 Å². The summed E-state index contributed by atoms with van der Waals surface area (Å²) in [7, 11) is 0. The quantitative estimate of drug-likeness (QED) is 0.894. The summed E-state index contributed by atoms with van der Waals surface area (Å²) in [6, 6.07) is 2.60. The molecule has 1 aromatic carbocycles. The van der Waals surface area contributed by atoms with E-state index in [2.05, 4.69) is 0 Å².